The molecule has 1 aliphatic rings. The highest BCUT2D eigenvalue weighted by atomic mass is 16.6. The zero-order valence-electron chi connectivity index (χ0n) is 12.0. The monoisotopic (exact) mass is 258 g/mol. The van der Waals surface area contributed by atoms with E-state index in [9.17, 15) is 4.79 Å². The summed E-state index contributed by atoms with van der Waals surface area (Å²) in [6.45, 7) is 8.80. The lowest BCUT2D eigenvalue weighted by molar-refractivity contribution is 0.0226. The van der Waals surface area contributed by atoms with Crippen molar-refractivity contribution in [1.29, 1.82) is 0 Å². The Hall–Kier alpha value is -0.810. The van der Waals surface area contributed by atoms with E-state index in [1.165, 1.54) is 0 Å². The molecule has 0 radical (unpaired) electrons. The van der Waals surface area contributed by atoms with Crippen molar-refractivity contribution in [1.82, 2.24) is 10.2 Å². The van der Waals surface area contributed by atoms with Crippen LogP contribution in [-0.2, 0) is 9.47 Å². The Kier molecular flexibility index (Phi) is 5.88. The Bertz CT molecular complexity index is 263. The SMILES string of the molecule is COCCNCC1CCCN1C(=O)OC(C)(C)C. The van der Waals surface area contributed by atoms with Gasteiger partial charge in [0, 0.05) is 32.8 Å². The van der Waals surface area contributed by atoms with Crippen LogP contribution in [0.2, 0.25) is 0 Å². The minimum absolute atomic E-state index is 0.196. The molecule has 106 valence electrons. The number of methoxy groups -OCH3 is 1. The van der Waals surface area contributed by atoms with Crippen molar-refractivity contribution in [2.45, 2.75) is 45.3 Å². The summed E-state index contributed by atoms with van der Waals surface area (Å²) in [5, 5.41) is 3.30. The first-order chi connectivity index (χ1) is 8.44. The van der Waals surface area contributed by atoms with E-state index in [-0.39, 0.29) is 12.1 Å². The highest BCUT2D eigenvalue weighted by Crippen LogP contribution is 2.20. The molecule has 18 heavy (non-hydrogen) atoms. The minimum atomic E-state index is -0.423. The third-order valence-electron chi connectivity index (χ3n) is 2.87. The zero-order valence-corrected chi connectivity index (χ0v) is 12.0. The van der Waals surface area contributed by atoms with E-state index >= 15 is 0 Å². The quantitative estimate of drug-likeness (QED) is 0.761. The van der Waals surface area contributed by atoms with Crippen LogP contribution in [0, 0.1) is 0 Å². The van der Waals surface area contributed by atoms with Gasteiger partial charge in [0.2, 0.25) is 0 Å². The van der Waals surface area contributed by atoms with Gasteiger partial charge >= 0.3 is 6.09 Å². The van der Waals surface area contributed by atoms with Gasteiger partial charge in [0.15, 0.2) is 0 Å². The number of carbonyl (C=O) groups is 1. The molecule has 0 aromatic rings. The third-order valence-corrected chi connectivity index (χ3v) is 2.87. The number of ether oxygens (including phenoxy) is 2. The molecule has 1 saturated heterocycles. The van der Waals surface area contributed by atoms with Gasteiger partial charge in [-0.25, -0.2) is 4.79 Å². The van der Waals surface area contributed by atoms with Crippen molar-refractivity contribution in [3.8, 4) is 0 Å². The Morgan fingerprint density at radius 1 is 1.44 bits per heavy atom. The van der Waals surface area contributed by atoms with Crippen molar-refractivity contribution >= 4 is 6.09 Å². The summed E-state index contributed by atoms with van der Waals surface area (Å²) in [6.07, 6.45) is 1.90. The van der Waals surface area contributed by atoms with E-state index < -0.39 is 5.60 Å². The van der Waals surface area contributed by atoms with E-state index in [1.54, 1.807) is 7.11 Å². The first-order valence-electron chi connectivity index (χ1n) is 6.63. The number of nitrogens with one attached hydrogen (secondary N) is 1. The average Bonchev–Trinajstić information content (AvgIpc) is 2.70. The Labute approximate surface area is 110 Å². The molecule has 5 heteroatoms. The van der Waals surface area contributed by atoms with Crippen molar-refractivity contribution in [2.75, 3.05) is 33.4 Å². The summed E-state index contributed by atoms with van der Waals surface area (Å²) in [5.74, 6) is 0. The van der Waals surface area contributed by atoms with Crippen LogP contribution in [-0.4, -0.2) is 56.0 Å². The van der Waals surface area contributed by atoms with Gasteiger partial charge in [-0.15, -0.1) is 0 Å². The lowest BCUT2D eigenvalue weighted by Crippen LogP contribution is -2.44. The molecule has 1 fully saturated rings. The Morgan fingerprint density at radius 2 is 2.17 bits per heavy atom. The molecule has 0 aliphatic carbocycles. The van der Waals surface area contributed by atoms with Gasteiger partial charge in [0.25, 0.3) is 0 Å². The van der Waals surface area contributed by atoms with Gasteiger partial charge in [-0.3, -0.25) is 0 Å². The molecule has 0 aromatic heterocycles. The van der Waals surface area contributed by atoms with Gasteiger partial charge in [0.1, 0.15) is 5.60 Å². The molecule has 0 saturated carbocycles. The standard InChI is InChI=1S/C13H26N2O3/c1-13(2,3)18-12(16)15-8-5-6-11(15)10-14-7-9-17-4/h11,14H,5-10H2,1-4H3. The van der Waals surface area contributed by atoms with Crippen LogP contribution in [0.5, 0.6) is 0 Å². The molecule has 5 nitrogen and oxygen atoms in total. The molecule has 1 N–H and O–H groups in total. The fourth-order valence-corrected chi connectivity index (χ4v) is 2.05. The van der Waals surface area contributed by atoms with Crippen LogP contribution in [0.25, 0.3) is 0 Å². The number of nitrogens with zero attached hydrogens (tertiary/aromatic N) is 1. The van der Waals surface area contributed by atoms with Crippen LogP contribution >= 0.6 is 0 Å². The number of carbonyl (C=O) groups excluding carboxylic acids is 1. The largest absolute Gasteiger partial charge is 0.444 e. The molecule has 1 aliphatic heterocycles. The molecule has 1 amide bonds. The maximum absolute atomic E-state index is 12.0. The molecule has 0 spiro atoms. The lowest BCUT2D eigenvalue weighted by Gasteiger charge is -2.28. The number of hydrogen-bond donors (Lipinski definition) is 1. The van der Waals surface area contributed by atoms with Crippen molar-refractivity contribution < 1.29 is 14.3 Å². The molecule has 1 unspecified atom stereocenters. The van der Waals surface area contributed by atoms with Gasteiger partial charge in [0.05, 0.1) is 6.61 Å². The Balaban J connectivity index is 2.36. The van der Waals surface area contributed by atoms with E-state index in [2.05, 4.69) is 5.32 Å². The second-order valence-corrected chi connectivity index (χ2v) is 5.67. The molecule has 0 bridgehead atoms. The summed E-state index contributed by atoms with van der Waals surface area (Å²) < 4.78 is 10.4. The van der Waals surface area contributed by atoms with Crippen LogP contribution < -0.4 is 5.32 Å². The first kappa shape index (κ1) is 15.2. The fourth-order valence-electron chi connectivity index (χ4n) is 2.05. The number of likely N-dealkylation sites (tertiary alicyclic amines) is 1. The maximum Gasteiger partial charge on any atom is 0.410 e. The second kappa shape index (κ2) is 6.95. The summed E-state index contributed by atoms with van der Waals surface area (Å²) in [5.41, 5.74) is -0.423. The van der Waals surface area contributed by atoms with E-state index in [4.69, 9.17) is 9.47 Å². The molecule has 1 rings (SSSR count). The second-order valence-electron chi connectivity index (χ2n) is 5.67. The molecule has 1 atom stereocenters. The van der Waals surface area contributed by atoms with Gasteiger partial charge < -0.3 is 19.7 Å². The average molecular weight is 258 g/mol. The van der Waals surface area contributed by atoms with E-state index in [0.717, 1.165) is 32.5 Å². The van der Waals surface area contributed by atoms with Crippen LogP contribution in [0.4, 0.5) is 4.79 Å². The fraction of sp³-hybridized carbons (Fsp3) is 0.923. The van der Waals surface area contributed by atoms with Gasteiger partial charge in [-0.05, 0) is 33.6 Å². The minimum Gasteiger partial charge on any atom is -0.444 e. The van der Waals surface area contributed by atoms with Crippen LogP contribution in [0.1, 0.15) is 33.6 Å². The number of rotatable bonds is 5. The molecular weight excluding hydrogens is 232 g/mol. The zero-order chi connectivity index (χ0) is 13.6. The van der Waals surface area contributed by atoms with Gasteiger partial charge in [-0.1, -0.05) is 0 Å². The van der Waals surface area contributed by atoms with Crippen molar-refractivity contribution in [2.24, 2.45) is 0 Å². The summed E-state index contributed by atoms with van der Waals surface area (Å²) >= 11 is 0. The third kappa shape index (κ3) is 5.23. The Morgan fingerprint density at radius 3 is 2.78 bits per heavy atom. The van der Waals surface area contributed by atoms with Crippen LogP contribution in [0.3, 0.4) is 0 Å². The maximum atomic E-state index is 12.0. The number of hydrogen-bond acceptors (Lipinski definition) is 4. The summed E-state index contributed by atoms with van der Waals surface area (Å²) in [7, 11) is 1.68. The smallest absolute Gasteiger partial charge is 0.410 e. The first-order valence-corrected chi connectivity index (χ1v) is 6.63. The highest BCUT2D eigenvalue weighted by Gasteiger charge is 2.31. The van der Waals surface area contributed by atoms with Crippen molar-refractivity contribution in [3.05, 3.63) is 0 Å². The summed E-state index contributed by atoms with van der Waals surface area (Å²) in [6, 6.07) is 0.247. The predicted octanol–water partition coefficient (Wildman–Crippen LogP) is 1.62. The van der Waals surface area contributed by atoms with E-state index in [0.29, 0.717) is 6.61 Å². The lowest BCUT2D eigenvalue weighted by atomic mass is 10.2. The van der Waals surface area contributed by atoms with Gasteiger partial charge in [-0.2, -0.15) is 0 Å². The molecule has 1 heterocycles. The normalized spacial score (nSPS) is 20.2. The molecular formula is C13H26N2O3. The predicted molar refractivity (Wildman–Crippen MR) is 70.7 cm³/mol. The number of amides is 1. The highest BCUT2D eigenvalue weighted by molar-refractivity contribution is 5.69. The summed E-state index contributed by atoms with van der Waals surface area (Å²) in [4.78, 5) is 13.8. The van der Waals surface area contributed by atoms with Crippen LogP contribution in [0.15, 0.2) is 0 Å². The topological polar surface area (TPSA) is 50.8 Å². The van der Waals surface area contributed by atoms with E-state index in [1.807, 2.05) is 25.7 Å². The molecule has 0 aromatic carbocycles. The van der Waals surface area contributed by atoms with Crippen molar-refractivity contribution in [3.63, 3.8) is 0 Å².